The van der Waals surface area contributed by atoms with Crippen molar-refractivity contribution < 1.29 is 19.6 Å². The van der Waals surface area contributed by atoms with Crippen LogP contribution in [-0.2, 0) is 4.79 Å². The number of hydrogen-bond donors (Lipinski definition) is 2. The number of piperidine rings is 1. The van der Waals surface area contributed by atoms with E-state index in [-0.39, 0.29) is 23.5 Å². The van der Waals surface area contributed by atoms with Crippen LogP contribution in [0.3, 0.4) is 0 Å². The van der Waals surface area contributed by atoms with Crippen LogP contribution in [0.2, 0.25) is 0 Å². The maximum Gasteiger partial charge on any atom is 0.308 e. The molecule has 0 spiro atoms. The number of hydrogen-bond acceptors (Lipinski definition) is 5. The molecule has 1 amide bonds. The molecule has 0 saturated carbocycles. The predicted octanol–water partition coefficient (Wildman–Crippen LogP) is 1.11. The number of anilines is 1. The molecule has 3 N–H and O–H groups in total. The summed E-state index contributed by atoms with van der Waals surface area (Å²) >= 11 is 0. The lowest BCUT2D eigenvalue weighted by molar-refractivity contribution is -0.383. The quantitative estimate of drug-likeness (QED) is 0.488. The minimum atomic E-state index is -0.945. The monoisotopic (exact) mass is 293 g/mol. The Hall–Kier alpha value is -2.64. The van der Waals surface area contributed by atoms with Crippen LogP contribution in [0.1, 0.15) is 23.2 Å². The van der Waals surface area contributed by atoms with E-state index in [1.807, 2.05) is 0 Å². The number of aliphatic carboxylic acids is 1. The maximum atomic E-state index is 12.4. The smallest absolute Gasteiger partial charge is 0.308 e. The van der Waals surface area contributed by atoms with Gasteiger partial charge >= 0.3 is 5.97 Å². The molecule has 21 heavy (non-hydrogen) atoms. The molecule has 1 aromatic rings. The number of nitrogens with zero attached hydrogens (tertiary/aromatic N) is 2. The van der Waals surface area contributed by atoms with Gasteiger partial charge in [0.2, 0.25) is 0 Å². The minimum Gasteiger partial charge on any atom is -0.481 e. The van der Waals surface area contributed by atoms with E-state index in [0.29, 0.717) is 19.4 Å². The number of carboxylic acids is 1. The van der Waals surface area contributed by atoms with E-state index in [4.69, 9.17) is 10.8 Å². The first-order valence-corrected chi connectivity index (χ1v) is 6.46. The fourth-order valence-corrected chi connectivity index (χ4v) is 2.43. The number of para-hydroxylation sites is 1. The Morgan fingerprint density at radius 3 is 2.76 bits per heavy atom. The average molecular weight is 293 g/mol. The maximum absolute atomic E-state index is 12.4. The average Bonchev–Trinajstić information content (AvgIpc) is 2.46. The topological polar surface area (TPSA) is 127 Å². The van der Waals surface area contributed by atoms with Crippen molar-refractivity contribution in [3.63, 3.8) is 0 Å². The highest BCUT2D eigenvalue weighted by atomic mass is 16.6. The molecule has 112 valence electrons. The molecular weight excluding hydrogens is 278 g/mol. The van der Waals surface area contributed by atoms with Gasteiger partial charge in [0.05, 0.1) is 16.4 Å². The van der Waals surface area contributed by atoms with Crippen LogP contribution in [0.4, 0.5) is 11.4 Å². The van der Waals surface area contributed by atoms with Gasteiger partial charge in [-0.2, -0.15) is 0 Å². The number of nitrogen functional groups attached to an aromatic ring is 1. The Labute approximate surface area is 120 Å². The van der Waals surface area contributed by atoms with Gasteiger partial charge in [-0.3, -0.25) is 19.7 Å². The second-order valence-electron chi connectivity index (χ2n) is 4.92. The zero-order valence-electron chi connectivity index (χ0n) is 11.2. The van der Waals surface area contributed by atoms with E-state index in [1.165, 1.54) is 23.1 Å². The third-order valence-electron chi connectivity index (χ3n) is 3.57. The third kappa shape index (κ3) is 2.93. The molecule has 2 rings (SSSR count). The molecule has 1 fully saturated rings. The summed E-state index contributed by atoms with van der Waals surface area (Å²) in [4.78, 5) is 35.0. The van der Waals surface area contributed by atoms with Gasteiger partial charge in [0.15, 0.2) is 0 Å². The molecule has 1 unspecified atom stereocenters. The molecule has 1 atom stereocenters. The highest BCUT2D eigenvalue weighted by Crippen LogP contribution is 2.27. The van der Waals surface area contributed by atoms with Crippen molar-refractivity contribution in [1.29, 1.82) is 0 Å². The lowest BCUT2D eigenvalue weighted by Crippen LogP contribution is -2.42. The number of carbonyl (C=O) groups excluding carboxylic acids is 1. The van der Waals surface area contributed by atoms with E-state index in [9.17, 15) is 19.7 Å². The molecule has 8 heteroatoms. The standard InChI is InChI=1S/C13H15N3O5/c14-11-9(4-1-5-10(11)16(20)21)12(17)15-6-2-3-8(7-15)13(18)19/h1,4-5,8H,2-3,6-7,14H2,(H,18,19). The summed E-state index contributed by atoms with van der Waals surface area (Å²) in [5.74, 6) is -2.02. The van der Waals surface area contributed by atoms with Gasteiger partial charge in [-0.1, -0.05) is 6.07 Å². The Morgan fingerprint density at radius 2 is 2.14 bits per heavy atom. The van der Waals surface area contributed by atoms with Crippen molar-refractivity contribution in [2.24, 2.45) is 5.92 Å². The molecular formula is C13H15N3O5. The lowest BCUT2D eigenvalue weighted by atomic mass is 9.97. The zero-order valence-corrected chi connectivity index (χ0v) is 11.2. The van der Waals surface area contributed by atoms with E-state index in [1.54, 1.807) is 0 Å². The normalized spacial score (nSPS) is 18.3. The molecule has 1 aliphatic heterocycles. The van der Waals surface area contributed by atoms with E-state index >= 15 is 0 Å². The number of nitro benzene ring substituents is 1. The van der Waals surface area contributed by atoms with Gasteiger partial charge in [-0.15, -0.1) is 0 Å². The summed E-state index contributed by atoms with van der Waals surface area (Å²) in [5.41, 5.74) is 5.20. The van der Waals surface area contributed by atoms with Crippen LogP contribution < -0.4 is 5.73 Å². The van der Waals surface area contributed by atoms with E-state index in [0.717, 1.165) is 0 Å². The van der Waals surface area contributed by atoms with Crippen LogP contribution in [-0.4, -0.2) is 39.9 Å². The molecule has 1 saturated heterocycles. The van der Waals surface area contributed by atoms with E-state index in [2.05, 4.69) is 0 Å². The predicted molar refractivity (Wildman–Crippen MR) is 73.8 cm³/mol. The first-order valence-electron chi connectivity index (χ1n) is 6.46. The first-order chi connectivity index (χ1) is 9.91. The zero-order chi connectivity index (χ0) is 15.6. The molecule has 0 aliphatic carbocycles. The number of carboxylic acid groups (broad SMARTS) is 1. The Kier molecular flexibility index (Phi) is 4.06. The summed E-state index contributed by atoms with van der Waals surface area (Å²) in [6.45, 7) is 0.515. The van der Waals surface area contributed by atoms with Crippen LogP contribution in [0, 0.1) is 16.0 Å². The summed E-state index contributed by atoms with van der Waals surface area (Å²) in [5, 5.41) is 19.9. The van der Waals surface area contributed by atoms with Gasteiger partial charge in [-0.05, 0) is 18.9 Å². The Morgan fingerprint density at radius 1 is 1.43 bits per heavy atom. The van der Waals surface area contributed by atoms with E-state index < -0.39 is 22.7 Å². The lowest BCUT2D eigenvalue weighted by Gasteiger charge is -2.31. The van der Waals surface area contributed by atoms with Gasteiger partial charge in [-0.25, -0.2) is 0 Å². The first kappa shape index (κ1) is 14.8. The highest BCUT2D eigenvalue weighted by Gasteiger charge is 2.30. The number of nitro groups is 1. The van der Waals surface area contributed by atoms with Crippen molar-refractivity contribution in [3.8, 4) is 0 Å². The number of amides is 1. The van der Waals surface area contributed by atoms with Gasteiger partial charge in [0.25, 0.3) is 11.6 Å². The molecule has 0 bridgehead atoms. The number of carbonyl (C=O) groups is 2. The van der Waals surface area contributed by atoms with Crippen molar-refractivity contribution >= 4 is 23.3 Å². The van der Waals surface area contributed by atoms with Crippen molar-refractivity contribution in [2.45, 2.75) is 12.8 Å². The van der Waals surface area contributed by atoms with Crippen molar-refractivity contribution in [1.82, 2.24) is 4.90 Å². The van der Waals surface area contributed by atoms with Crippen LogP contribution in [0.25, 0.3) is 0 Å². The third-order valence-corrected chi connectivity index (χ3v) is 3.57. The SMILES string of the molecule is Nc1c(C(=O)N2CCCC(C(=O)O)C2)cccc1[N+](=O)[O-]. The molecule has 8 nitrogen and oxygen atoms in total. The molecule has 1 heterocycles. The second-order valence-corrected chi connectivity index (χ2v) is 4.92. The summed E-state index contributed by atoms with van der Waals surface area (Å²) in [6.07, 6.45) is 1.10. The largest absolute Gasteiger partial charge is 0.481 e. The molecule has 1 aromatic carbocycles. The second kappa shape index (κ2) is 5.78. The summed E-state index contributed by atoms with van der Waals surface area (Å²) < 4.78 is 0. The fourth-order valence-electron chi connectivity index (χ4n) is 2.43. The fraction of sp³-hybridized carbons (Fsp3) is 0.385. The molecule has 0 aromatic heterocycles. The number of likely N-dealkylation sites (tertiary alicyclic amines) is 1. The van der Waals surface area contributed by atoms with Gasteiger partial charge in [0, 0.05) is 19.2 Å². The van der Waals surface area contributed by atoms with Crippen LogP contribution in [0.15, 0.2) is 18.2 Å². The molecule has 0 radical (unpaired) electrons. The van der Waals surface area contributed by atoms with Crippen molar-refractivity contribution in [3.05, 3.63) is 33.9 Å². The summed E-state index contributed by atoms with van der Waals surface area (Å²) in [6, 6.07) is 4.03. The number of benzene rings is 1. The molecule has 1 aliphatic rings. The minimum absolute atomic E-state index is 0.0373. The van der Waals surface area contributed by atoms with Crippen LogP contribution in [0.5, 0.6) is 0 Å². The summed E-state index contributed by atoms with van der Waals surface area (Å²) in [7, 11) is 0. The highest BCUT2D eigenvalue weighted by molar-refractivity contribution is 6.01. The Balaban J connectivity index is 2.26. The Bertz CT molecular complexity index is 601. The van der Waals surface area contributed by atoms with Gasteiger partial charge in [0.1, 0.15) is 5.69 Å². The van der Waals surface area contributed by atoms with Crippen LogP contribution >= 0.6 is 0 Å². The number of rotatable bonds is 3. The number of nitrogens with two attached hydrogens (primary N) is 1. The van der Waals surface area contributed by atoms with Gasteiger partial charge < -0.3 is 15.7 Å². The van der Waals surface area contributed by atoms with Crippen molar-refractivity contribution in [2.75, 3.05) is 18.8 Å².